The van der Waals surface area contributed by atoms with Gasteiger partial charge >= 0.3 is 0 Å². The summed E-state index contributed by atoms with van der Waals surface area (Å²) in [4.78, 5) is 16.2. The predicted molar refractivity (Wildman–Crippen MR) is 82.8 cm³/mol. The molecule has 3 rings (SSSR count). The van der Waals surface area contributed by atoms with Crippen LogP contribution in [0.2, 0.25) is 0 Å². The minimum atomic E-state index is -0.404. The third-order valence-corrected chi connectivity index (χ3v) is 4.51. The number of amides is 1. The maximum absolute atomic E-state index is 12.1. The van der Waals surface area contributed by atoms with Gasteiger partial charge in [0.15, 0.2) is 6.10 Å². The molecular weight excluding hydrogens is 266 g/mol. The van der Waals surface area contributed by atoms with E-state index in [1.165, 1.54) is 5.56 Å². The Morgan fingerprint density at radius 1 is 1.33 bits per heavy atom. The summed E-state index contributed by atoms with van der Waals surface area (Å²) in [7, 11) is 1.82. The van der Waals surface area contributed by atoms with E-state index < -0.39 is 6.10 Å². The number of carbonyl (C=O) groups is 1. The monoisotopic (exact) mass is 289 g/mol. The van der Waals surface area contributed by atoms with Crippen LogP contribution in [0.1, 0.15) is 25.5 Å². The van der Waals surface area contributed by atoms with Gasteiger partial charge in [-0.2, -0.15) is 0 Å². The number of benzene rings is 1. The lowest BCUT2D eigenvalue weighted by Gasteiger charge is -2.35. The van der Waals surface area contributed by atoms with Gasteiger partial charge in [0.2, 0.25) is 0 Å². The number of nitrogens with zero attached hydrogens (tertiary/aromatic N) is 2. The van der Waals surface area contributed by atoms with E-state index in [4.69, 9.17) is 4.74 Å². The van der Waals surface area contributed by atoms with Gasteiger partial charge < -0.3 is 15.0 Å². The van der Waals surface area contributed by atoms with Crippen LogP contribution in [0.3, 0.4) is 0 Å². The Labute approximate surface area is 125 Å². The van der Waals surface area contributed by atoms with Crippen molar-refractivity contribution >= 4 is 11.6 Å². The van der Waals surface area contributed by atoms with E-state index in [0.29, 0.717) is 6.04 Å². The van der Waals surface area contributed by atoms with Crippen molar-refractivity contribution in [1.82, 2.24) is 10.2 Å². The molecule has 0 radical (unpaired) electrons. The van der Waals surface area contributed by atoms with E-state index in [9.17, 15) is 4.79 Å². The first-order valence-electron chi connectivity index (χ1n) is 7.61. The topological polar surface area (TPSA) is 44.8 Å². The number of ether oxygens (including phenoxy) is 1. The minimum Gasteiger partial charge on any atom is -0.479 e. The summed E-state index contributed by atoms with van der Waals surface area (Å²) in [6.07, 6.45) is -0.404. The van der Waals surface area contributed by atoms with Gasteiger partial charge in [-0.15, -0.1) is 0 Å². The highest BCUT2D eigenvalue weighted by Crippen LogP contribution is 2.36. The summed E-state index contributed by atoms with van der Waals surface area (Å²) in [5.41, 5.74) is 2.10. The lowest BCUT2D eigenvalue weighted by atomic mass is 10.0. The van der Waals surface area contributed by atoms with Crippen molar-refractivity contribution < 1.29 is 9.53 Å². The molecule has 2 atom stereocenters. The van der Waals surface area contributed by atoms with Crippen LogP contribution in [0.5, 0.6) is 5.75 Å². The zero-order valence-corrected chi connectivity index (χ0v) is 12.9. The first-order chi connectivity index (χ1) is 10.1. The smallest absolute Gasteiger partial charge is 0.267 e. The van der Waals surface area contributed by atoms with Gasteiger partial charge in [0, 0.05) is 39.3 Å². The molecule has 0 spiro atoms. The van der Waals surface area contributed by atoms with Crippen LogP contribution in [0, 0.1) is 0 Å². The highest BCUT2D eigenvalue weighted by molar-refractivity contribution is 5.99. The Morgan fingerprint density at radius 3 is 2.76 bits per heavy atom. The maximum Gasteiger partial charge on any atom is 0.267 e. The van der Waals surface area contributed by atoms with Gasteiger partial charge in [-0.1, -0.05) is 6.07 Å². The molecule has 2 heterocycles. The fourth-order valence-electron chi connectivity index (χ4n) is 3.07. The number of anilines is 1. The van der Waals surface area contributed by atoms with Crippen molar-refractivity contribution in [2.75, 3.05) is 38.1 Å². The number of piperazine rings is 1. The zero-order valence-electron chi connectivity index (χ0n) is 12.9. The Balaban J connectivity index is 1.87. The van der Waals surface area contributed by atoms with E-state index in [2.05, 4.69) is 29.3 Å². The lowest BCUT2D eigenvalue weighted by molar-refractivity contribution is -0.125. The van der Waals surface area contributed by atoms with Gasteiger partial charge in [-0.25, -0.2) is 0 Å². The molecule has 1 aromatic carbocycles. The first-order valence-corrected chi connectivity index (χ1v) is 7.61. The fraction of sp³-hybridized carbons (Fsp3) is 0.562. The van der Waals surface area contributed by atoms with E-state index >= 15 is 0 Å². The molecule has 5 heteroatoms. The fourth-order valence-corrected chi connectivity index (χ4v) is 3.07. The van der Waals surface area contributed by atoms with Crippen molar-refractivity contribution in [2.24, 2.45) is 0 Å². The van der Waals surface area contributed by atoms with Crippen molar-refractivity contribution in [3.05, 3.63) is 23.8 Å². The minimum absolute atomic E-state index is 0.00877. The Kier molecular flexibility index (Phi) is 3.87. The van der Waals surface area contributed by atoms with Gasteiger partial charge in [0.1, 0.15) is 5.75 Å². The van der Waals surface area contributed by atoms with E-state index in [0.717, 1.165) is 37.6 Å². The molecule has 2 aliphatic heterocycles. The molecule has 0 aliphatic carbocycles. The first kappa shape index (κ1) is 14.4. The molecule has 1 amide bonds. The van der Waals surface area contributed by atoms with Crippen molar-refractivity contribution in [3.8, 4) is 5.75 Å². The average Bonchev–Trinajstić information content (AvgIpc) is 2.53. The van der Waals surface area contributed by atoms with E-state index in [1.54, 1.807) is 11.8 Å². The van der Waals surface area contributed by atoms with E-state index in [-0.39, 0.29) is 5.91 Å². The molecule has 2 unspecified atom stereocenters. The molecule has 2 aliphatic rings. The third kappa shape index (κ3) is 2.63. The summed E-state index contributed by atoms with van der Waals surface area (Å²) in [6.45, 7) is 8.20. The van der Waals surface area contributed by atoms with Crippen LogP contribution in [0.4, 0.5) is 5.69 Å². The van der Waals surface area contributed by atoms with Crippen molar-refractivity contribution in [2.45, 2.75) is 26.0 Å². The van der Waals surface area contributed by atoms with Crippen molar-refractivity contribution in [1.29, 1.82) is 0 Å². The highest BCUT2D eigenvalue weighted by Gasteiger charge is 2.29. The number of fused-ring (bicyclic) bond motifs is 1. The van der Waals surface area contributed by atoms with Crippen LogP contribution in [0.15, 0.2) is 18.2 Å². The largest absolute Gasteiger partial charge is 0.479 e. The maximum atomic E-state index is 12.1. The number of rotatable bonds is 2. The summed E-state index contributed by atoms with van der Waals surface area (Å²) in [5, 5.41) is 3.37. The molecule has 0 aromatic heterocycles. The molecule has 1 aromatic rings. The quantitative estimate of drug-likeness (QED) is 0.894. The predicted octanol–water partition coefficient (Wildman–Crippen LogP) is 1.40. The number of carbonyl (C=O) groups excluding carboxylic acids is 1. The van der Waals surface area contributed by atoms with Gasteiger partial charge in [0.05, 0.1) is 5.69 Å². The molecule has 1 N–H and O–H groups in total. The zero-order chi connectivity index (χ0) is 15.0. The second-order valence-electron chi connectivity index (χ2n) is 5.85. The second kappa shape index (κ2) is 5.66. The van der Waals surface area contributed by atoms with Gasteiger partial charge in [-0.3, -0.25) is 9.69 Å². The molecule has 5 nitrogen and oxygen atoms in total. The van der Waals surface area contributed by atoms with E-state index in [1.807, 2.05) is 13.1 Å². The molecule has 21 heavy (non-hydrogen) atoms. The summed E-state index contributed by atoms with van der Waals surface area (Å²) < 4.78 is 5.68. The number of likely N-dealkylation sites (N-methyl/N-ethyl adjacent to an activating group) is 1. The molecule has 1 fully saturated rings. The lowest BCUT2D eigenvalue weighted by Crippen LogP contribution is -2.44. The Morgan fingerprint density at radius 2 is 2.05 bits per heavy atom. The van der Waals surface area contributed by atoms with Gasteiger partial charge in [-0.05, 0) is 31.5 Å². The summed E-state index contributed by atoms with van der Waals surface area (Å²) in [6, 6.07) is 6.54. The Bertz CT molecular complexity index is 540. The van der Waals surface area contributed by atoms with Gasteiger partial charge in [0.25, 0.3) is 5.91 Å². The van der Waals surface area contributed by atoms with Crippen LogP contribution >= 0.6 is 0 Å². The molecule has 0 saturated carbocycles. The highest BCUT2D eigenvalue weighted by atomic mass is 16.5. The van der Waals surface area contributed by atoms with Crippen LogP contribution in [-0.2, 0) is 4.79 Å². The number of hydrogen-bond donors (Lipinski definition) is 1. The molecule has 1 saturated heterocycles. The third-order valence-electron chi connectivity index (χ3n) is 4.51. The number of nitrogens with one attached hydrogen (secondary N) is 1. The normalized spacial score (nSPS) is 24.4. The molecule has 114 valence electrons. The summed E-state index contributed by atoms with van der Waals surface area (Å²) in [5.74, 6) is 0.801. The number of hydrogen-bond acceptors (Lipinski definition) is 4. The van der Waals surface area contributed by atoms with Crippen LogP contribution in [-0.4, -0.2) is 50.1 Å². The molecule has 0 bridgehead atoms. The van der Waals surface area contributed by atoms with Crippen LogP contribution in [0.25, 0.3) is 0 Å². The average molecular weight is 289 g/mol. The van der Waals surface area contributed by atoms with Crippen LogP contribution < -0.4 is 15.0 Å². The Hall–Kier alpha value is -1.59. The SMILES string of the molecule is CC1Oc2ccc(C(C)N3CCNCC3)cc2N(C)C1=O. The standard InChI is InChI=1S/C16H23N3O2/c1-11(19-8-6-17-7-9-19)13-4-5-15-14(10-13)18(3)16(20)12(2)21-15/h4-5,10-12,17H,6-9H2,1-3H3. The molecular formula is C16H23N3O2. The summed E-state index contributed by atoms with van der Waals surface area (Å²) >= 11 is 0. The van der Waals surface area contributed by atoms with Crippen molar-refractivity contribution in [3.63, 3.8) is 0 Å². The second-order valence-corrected chi connectivity index (χ2v) is 5.85.